The largest absolute Gasteiger partial charge is 0.355 e. The average Bonchev–Trinajstić information content (AvgIpc) is 2.35. The van der Waals surface area contributed by atoms with Crippen LogP contribution in [0.25, 0.3) is 11.0 Å². The number of nitrogens with zero attached hydrogens (tertiary/aromatic N) is 2. The van der Waals surface area contributed by atoms with E-state index in [1.54, 1.807) is 0 Å². The van der Waals surface area contributed by atoms with Gasteiger partial charge < -0.3 is 4.98 Å². The zero-order valence-electron chi connectivity index (χ0n) is 5.31. The molecule has 0 radical (unpaired) electrons. The Hall–Kier alpha value is -1.16. The lowest BCUT2D eigenvalue weighted by Gasteiger charge is -1.89. The monoisotopic (exact) mass is 171 g/mol. The Bertz CT molecular complexity index is 398. The van der Waals surface area contributed by atoms with Crippen LogP contribution in [0.4, 0.5) is 4.39 Å². The first-order valence-electron chi connectivity index (χ1n) is 2.92. The van der Waals surface area contributed by atoms with Crippen LogP contribution in [0, 0.1) is 5.82 Å². The molecule has 0 unspecified atom stereocenters. The molecular formula is C6H3ClFN3. The van der Waals surface area contributed by atoms with Crippen LogP contribution < -0.4 is 0 Å². The van der Waals surface area contributed by atoms with Crippen LogP contribution in [0.2, 0.25) is 5.15 Å². The molecule has 0 aliphatic carbocycles. The summed E-state index contributed by atoms with van der Waals surface area (Å²) in [5, 5.41) is 0.235. The number of hydrogen-bond donors (Lipinski definition) is 1. The minimum Gasteiger partial charge on any atom is -0.355 e. The van der Waals surface area contributed by atoms with E-state index in [4.69, 9.17) is 11.6 Å². The molecule has 0 atom stereocenters. The fourth-order valence-corrected chi connectivity index (χ4v) is 1.06. The Kier molecular flexibility index (Phi) is 1.29. The Morgan fingerprint density at radius 3 is 3.00 bits per heavy atom. The predicted molar refractivity (Wildman–Crippen MR) is 38.9 cm³/mol. The third-order valence-electron chi connectivity index (χ3n) is 1.37. The van der Waals surface area contributed by atoms with Gasteiger partial charge in [0.2, 0.25) is 0 Å². The van der Waals surface area contributed by atoms with Crippen LogP contribution in [0.5, 0.6) is 0 Å². The molecule has 0 spiro atoms. The van der Waals surface area contributed by atoms with Crippen LogP contribution >= 0.6 is 11.6 Å². The quantitative estimate of drug-likeness (QED) is 0.614. The Balaban J connectivity index is 2.94. The van der Waals surface area contributed by atoms with Gasteiger partial charge in [-0.2, -0.15) is 0 Å². The van der Waals surface area contributed by atoms with Crippen LogP contribution in [0.15, 0.2) is 12.5 Å². The van der Waals surface area contributed by atoms with E-state index in [1.165, 1.54) is 12.5 Å². The molecular weight excluding hydrogens is 169 g/mol. The molecule has 2 heterocycles. The molecule has 3 nitrogen and oxygen atoms in total. The Labute approximate surface area is 66.2 Å². The molecule has 0 saturated heterocycles. The number of nitrogens with one attached hydrogen (secondary N) is 1. The highest BCUT2D eigenvalue weighted by molar-refractivity contribution is 6.33. The third kappa shape index (κ3) is 0.867. The summed E-state index contributed by atoms with van der Waals surface area (Å²) in [6.07, 6.45) is 2.42. The van der Waals surface area contributed by atoms with Crippen LogP contribution in [-0.4, -0.2) is 15.0 Å². The number of aromatic amines is 1. The second-order valence-electron chi connectivity index (χ2n) is 2.02. The van der Waals surface area contributed by atoms with E-state index in [2.05, 4.69) is 15.0 Å². The van der Waals surface area contributed by atoms with Gasteiger partial charge in [-0.1, -0.05) is 11.6 Å². The Morgan fingerprint density at radius 2 is 2.27 bits per heavy atom. The maximum Gasteiger partial charge on any atom is 0.167 e. The molecule has 2 aromatic rings. The van der Waals surface area contributed by atoms with E-state index in [0.717, 1.165) is 0 Å². The van der Waals surface area contributed by atoms with Crippen molar-refractivity contribution in [3.05, 3.63) is 23.5 Å². The van der Waals surface area contributed by atoms with E-state index >= 15 is 0 Å². The number of hydrogen-bond acceptors (Lipinski definition) is 2. The van der Waals surface area contributed by atoms with E-state index in [0.29, 0.717) is 5.52 Å². The molecule has 0 aromatic carbocycles. The molecule has 2 aromatic heterocycles. The Morgan fingerprint density at radius 1 is 1.45 bits per heavy atom. The normalized spacial score (nSPS) is 10.7. The minimum absolute atomic E-state index is 0.227. The van der Waals surface area contributed by atoms with Gasteiger partial charge >= 0.3 is 0 Å². The fraction of sp³-hybridized carbons (Fsp3) is 0. The van der Waals surface area contributed by atoms with E-state index < -0.39 is 5.82 Å². The van der Waals surface area contributed by atoms with E-state index in [-0.39, 0.29) is 10.7 Å². The summed E-state index contributed by atoms with van der Waals surface area (Å²) >= 11 is 5.62. The summed E-state index contributed by atoms with van der Waals surface area (Å²) in [6.45, 7) is 0. The average molecular weight is 172 g/mol. The number of aromatic nitrogens is 3. The van der Waals surface area contributed by atoms with Crippen molar-refractivity contribution < 1.29 is 4.39 Å². The summed E-state index contributed by atoms with van der Waals surface area (Å²) in [4.78, 5) is 10.0. The van der Waals surface area contributed by atoms with Gasteiger partial charge in [0.15, 0.2) is 11.0 Å². The van der Waals surface area contributed by atoms with Crippen molar-refractivity contribution in [3.63, 3.8) is 0 Å². The molecule has 0 fully saturated rings. The molecule has 5 heteroatoms. The topological polar surface area (TPSA) is 41.6 Å². The number of fused-ring (bicyclic) bond motifs is 1. The third-order valence-corrected chi connectivity index (χ3v) is 1.66. The molecule has 11 heavy (non-hydrogen) atoms. The van der Waals surface area contributed by atoms with Gasteiger partial charge in [-0.25, -0.2) is 14.4 Å². The van der Waals surface area contributed by atoms with Gasteiger partial charge in [-0.3, -0.25) is 0 Å². The molecule has 0 saturated carbocycles. The van der Waals surface area contributed by atoms with Crippen molar-refractivity contribution in [3.8, 4) is 0 Å². The lowest BCUT2D eigenvalue weighted by Crippen LogP contribution is -1.81. The molecule has 0 aliphatic rings. The van der Waals surface area contributed by atoms with Gasteiger partial charge in [0.1, 0.15) is 17.4 Å². The van der Waals surface area contributed by atoms with Crippen LogP contribution in [0.1, 0.15) is 0 Å². The highest BCUT2D eigenvalue weighted by atomic mass is 35.5. The zero-order valence-corrected chi connectivity index (χ0v) is 6.06. The smallest absolute Gasteiger partial charge is 0.167 e. The number of halogens is 2. The zero-order chi connectivity index (χ0) is 7.84. The second kappa shape index (κ2) is 2.17. The van der Waals surface area contributed by atoms with Gasteiger partial charge in [0.25, 0.3) is 0 Å². The first-order chi connectivity index (χ1) is 5.29. The lowest BCUT2D eigenvalue weighted by molar-refractivity contribution is 0.636. The van der Waals surface area contributed by atoms with Crippen molar-refractivity contribution in [1.82, 2.24) is 15.0 Å². The van der Waals surface area contributed by atoms with E-state index in [1.807, 2.05) is 0 Å². The summed E-state index contributed by atoms with van der Waals surface area (Å²) in [5.74, 6) is -0.413. The van der Waals surface area contributed by atoms with Crippen molar-refractivity contribution in [1.29, 1.82) is 0 Å². The van der Waals surface area contributed by atoms with Gasteiger partial charge in [0, 0.05) is 6.20 Å². The van der Waals surface area contributed by atoms with Gasteiger partial charge in [-0.15, -0.1) is 0 Å². The van der Waals surface area contributed by atoms with Crippen molar-refractivity contribution >= 4 is 22.6 Å². The maximum atomic E-state index is 12.7. The molecule has 2 rings (SSSR count). The van der Waals surface area contributed by atoms with Crippen molar-refractivity contribution in [2.45, 2.75) is 0 Å². The molecule has 1 N–H and O–H groups in total. The lowest BCUT2D eigenvalue weighted by atomic mass is 10.4. The highest BCUT2D eigenvalue weighted by Gasteiger charge is 2.06. The first-order valence-corrected chi connectivity index (χ1v) is 3.30. The van der Waals surface area contributed by atoms with Crippen LogP contribution in [-0.2, 0) is 0 Å². The standard InChI is InChI=1S/C6H3ClFN3/c7-6-5-4(10-2-11-6)3(8)1-9-5/h1-2,9H. The maximum absolute atomic E-state index is 12.7. The fourth-order valence-electron chi connectivity index (χ4n) is 0.877. The van der Waals surface area contributed by atoms with Crippen molar-refractivity contribution in [2.24, 2.45) is 0 Å². The summed E-state index contributed by atoms with van der Waals surface area (Å²) in [7, 11) is 0. The summed E-state index contributed by atoms with van der Waals surface area (Å²) in [5.41, 5.74) is 0.664. The second-order valence-corrected chi connectivity index (χ2v) is 2.38. The predicted octanol–water partition coefficient (Wildman–Crippen LogP) is 1.75. The number of rotatable bonds is 0. The SMILES string of the molecule is Fc1c[nH]c2c(Cl)ncnc12. The molecule has 0 amide bonds. The molecule has 56 valence electrons. The van der Waals surface area contributed by atoms with E-state index in [9.17, 15) is 4.39 Å². The number of H-pyrrole nitrogens is 1. The minimum atomic E-state index is -0.413. The highest BCUT2D eigenvalue weighted by Crippen LogP contribution is 2.19. The van der Waals surface area contributed by atoms with Gasteiger partial charge in [0.05, 0.1) is 0 Å². The van der Waals surface area contributed by atoms with Crippen LogP contribution in [0.3, 0.4) is 0 Å². The van der Waals surface area contributed by atoms with Gasteiger partial charge in [-0.05, 0) is 0 Å². The summed E-state index contributed by atoms with van der Waals surface area (Å²) < 4.78 is 12.7. The molecule has 0 bridgehead atoms. The first kappa shape index (κ1) is 6.54. The van der Waals surface area contributed by atoms with Crippen molar-refractivity contribution in [2.75, 3.05) is 0 Å². The molecule has 0 aliphatic heterocycles. The summed E-state index contributed by atoms with van der Waals surface area (Å²) in [6, 6.07) is 0.